The Morgan fingerprint density at radius 3 is 2.68 bits per heavy atom. The molecule has 0 bridgehead atoms. The Hall–Kier alpha value is -2.29. The topological polar surface area (TPSA) is 32.3 Å². The van der Waals surface area contributed by atoms with E-state index in [4.69, 9.17) is 0 Å². The van der Waals surface area contributed by atoms with Gasteiger partial charge in [0.15, 0.2) is 0 Å². The molecule has 1 amide bonds. The highest BCUT2D eigenvalue weighted by atomic mass is 16.2. The first-order valence-corrected chi connectivity index (χ1v) is 7.79. The van der Waals surface area contributed by atoms with Crippen LogP contribution in [0.15, 0.2) is 42.5 Å². The second-order valence-corrected chi connectivity index (χ2v) is 6.03. The molecule has 2 aromatic carbocycles. The molecule has 0 aliphatic carbocycles. The Bertz CT molecular complexity index is 708. The lowest BCUT2D eigenvalue weighted by Gasteiger charge is -2.23. The summed E-state index contributed by atoms with van der Waals surface area (Å²) in [5.74, 6) is 0.128. The fraction of sp³-hybridized carbons (Fsp3) is 0.316. The molecule has 0 saturated heterocycles. The van der Waals surface area contributed by atoms with E-state index in [2.05, 4.69) is 37.4 Å². The van der Waals surface area contributed by atoms with Crippen molar-refractivity contribution in [1.82, 2.24) is 0 Å². The monoisotopic (exact) mass is 294 g/mol. The second kappa shape index (κ2) is 5.84. The van der Waals surface area contributed by atoms with Crippen LogP contribution in [0.25, 0.3) is 0 Å². The molecule has 3 nitrogen and oxygen atoms in total. The number of para-hydroxylation sites is 1. The molecule has 0 fully saturated rings. The summed E-state index contributed by atoms with van der Waals surface area (Å²) in [6, 6.07) is 14.1. The number of fused-ring (bicyclic) bond motifs is 1. The molecule has 1 aliphatic heterocycles. The average molecular weight is 294 g/mol. The van der Waals surface area contributed by atoms with Crippen molar-refractivity contribution in [3.05, 3.63) is 59.2 Å². The van der Waals surface area contributed by atoms with Crippen molar-refractivity contribution in [3.8, 4) is 0 Å². The highest BCUT2D eigenvalue weighted by Crippen LogP contribution is 2.28. The summed E-state index contributed by atoms with van der Waals surface area (Å²) < 4.78 is 0. The number of nitrogens with zero attached hydrogens (tertiary/aromatic N) is 1. The third-order valence-corrected chi connectivity index (χ3v) is 4.41. The van der Waals surface area contributed by atoms with Gasteiger partial charge in [-0.2, -0.15) is 0 Å². The SMILES string of the molecule is Cc1ccc(NC(C)C(=O)N2CCc3ccccc32)cc1C. The van der Waals surface area contributed by atoms with E-state index >= 15 is 0 Å². The number of carbonyl (C=O) groups excluding carboxylic acids is 1. The van der Waals surface area contributed by atoms with Crippen LogP contribution in [-0.4, -0.2) is 18.5 Å². The molecule has 3 rings (SSSR count). The lowest BCUT2D eigenvalue weighted by atomic mass is 10.1. The zero-order valence-electron chi connectivity index (χ0n) is 13.4. The van der Waals surface area contributed by atoms with Gasteiger partial charge >= 0.3 is 0 Å². The van der Waals surface area contributed by atoms with Crippen LogP contribution in [0.3, 0.4) is 0 Å². The summed E-state index contributed by atoms with van der Waals surface area (Å²) in [4.78, 5) is 14.6. The molecule has 0 aromatic heterocycles. The number of hydrogen-bond acceptors (Lipinski definition) is 2. The maximum atomic E-state index is 12.7. The number of rotatable bonds is 3. The van der Waals surface area contributed by atoms with E-state index in [1.807, 2.05) is 36.1 Å². The quantitative estimate of drug-likeness (QED) is 0.936. The van der Waals surface area contributed by atoms with E-state index in [0.717, 1.165) is 24.3 Å². The summed E-state index contributed by atoms with van der Waals surface area (Å²) in [6.07, 6.45) is 0.943. The number of benzene rings is 2. The van der Waals surface area contributed by atoms with Crippen LogP contribution in [-0.2, 0) is 11.2 Å². The van der Waals surface area contributed by atoms with Crippen LogP contribution in [0.4, 0.5) is 11.4 Å². The Kier molecular flexibility index (Phi) is 3.88. The van der Waals surface area contributed by atoms with Gasteiger partial charge in [0, 0.05) is 17.9 Å². The predicted molar refractivity (Wildman–Crippen MR) is 91.5 cm³/mol. The first-order chi connectivity index (χ1) is 10.6. The fourth-order valence-corrected chi connectivity index (χ4v) is 2.94. The van der Waals surface area contributed by atoms with Gasteiger partial charge in [0.2, 0.25) is 5.91 Å². The second-order valence-electron chi connectivity index (χ2n) is 6.03. The number of hydrogen-bond donors (Lipinski definition) is 1. The summed E-state index contributed by atoms with van der Waals surface area (Å²) in [5.41, 5.74) is 5.81. The summed E-state index contributed by atoms with van der Waals surface area (Å²) >= 11 is 0. The van der Waals surface area contributed by atoms with E-state index < -0.39 is 0 Å². The normalized spacial score (nSPS) is 14.6. The van der Waals surface area contributed by atoms with Crippen LogP contribution in [0.2, 0.25) is 0 Å². The maximum Gasteiger partial charge on any atom is 0.249 e. The minimum atomic E-state index is -0.242. The van der Waals surface area contributed by atoms with Crippen LogP contribution < -0.4 is 10.2 Å². The molecule has 114 valence electrons. The molecule has 1 atom stereocenters. The van der Waals surface area contributed by atoms with Gasteiger partial charge in [0.05, 0.1) is 0 Å². The molecule has 3 heteroatoms. The first kappa shape index (κ1) is 14.6. The molecule has 0 radical (unpaired) electrons. The zero-order chi connectivity index (χ0) is 15.7. The van der Waals surface area contributed by atoms with Gasteiger partial charge in [-0.3, -0.25) is 4.79 Å². The number of nitrogens with one attached hydrogen (secondary N) is 1. The minimum absolute atomic E-state index is 0.128. The lowest BCUT2D eigenvalue weighted by Crippen LogP contribution is -2.40. The van der Waals surface area contributed by atoms with Crippen LogP contribution in [0.5, 0.6) is 0 Å². The largest absolute Gasteiger partial charge is 0.374 e. The van der Waals surface area contributed by atoms with Gasteiger partial charge < -0.3 is 10.2 Å². The molecule has 1 unspecified atom stereocenters. The number of anilines is 2. The van der Waals surface area contributed by atoms with Crippen molar-refractivity contribution < 1.29 is 4.79 Å². The molecule has 1 N–H and O–H groups in total. The standard InChI is InChI=1S/C19H22N2O/c1-13-8-9-17(12-14(13)2)20-15(3)19(22)21-11-10-16-6-4-5-7-18(16)21/h4-9,12,15,20H,10-11H2,1-3H3. The van der Waals surface area contributed by atoms with E-state index in [1.54, 1.807) is 0 Å². The summed E-state index contributed by atoms with van der Waals surface area (Å²) in [5, 5.41) is 3.33. The van der Waals surface area contributed by atoms with Crippen molar-refractivity contribution in [1.29, 1.82) is 0 Å². The zero-order valence-corrected chi connectivity index (χ0v) is 13.4. The van der Waals surface area contributed by atoms with Crippen molar-refractivity contribution in [2.45, 2.75) is 33.2 Å². The van der Waals surface area contributed by atoms with Crippen molar-refractivity contribution in [2.75, 3.05) is 16.8 Å². The molecule has 0 saturated carbocycles. The van der Waals surface area contributed by atoms with E-state index in [1.165, 1.54) is 16.7 Å². The van der Waals surface area contributed by atoms with E-state index in [0.29, 0.717) is 0 Å². The van der Waals surface area contributed by atoms with Gasteiger partial charge in [-0.25, -0.2) is 0 Å². The Morgan fingerprint density at radius 2 is 1.91 bits per heavy atom. The smallest absolute Gasteiger partial charge is 0.249 e. The summed E-state index contributed by atoms with van der Waals surface area (Å²) in [6.45, 7) is 6.88. The summed E-state index contributed by atoms with van der Waals surface area (Å²) in [7, 11) is 0. The minimum Gasteiger partial charge on any atom is -0.374 e. The Labute approximate surface area is 132 Å². The predicted octanol–water partition coefficient (Wildman–Crippen LogP) is 3.69. The number of aryl methyl sites for hydroxylation is 2. The van der Waals surface area contributed by atoms with Crippen molar-refractivity contribution in [3.63, 3.8) is 0 Å². The van der Waals surface area contributed by atoms with E-state index in [-0.39, 0.29) is 11.9 Å². The number of carbonyl (C=O) groups is 1. The lowest BCUT2D eigenvalue weighted by molar-refractivity contribution is -0.118. The maximum absolute atomic E-state index is 12.7. The third-order valence-electron chi connectivity index (χ3n) is 4.41. The highest BCUT2D eigenvalue weighted by molar-refractivity contribution is 6.00. The van der Waals surface area contributed by atoms with E-state index in [9.17, 15) is 4.79 Å². The van der Waals surface area contributed by atoms with Crippen molar-refractivity contribution in [2.24, 2.45) is 0 Å². The van der Waals surface area contributed by atoms with Gasteiger partial charge in [-0.1, -0.05) is 24.3 Å². The Balaban J connectivity index is 1.74. The van der Waals surface area contributed by atoms with Gasteiger partial charge in [-0.15, -0.1) is 0 Å². The molecule has 0 spiro atoms. The molecular weight excluding hydrogens is 272 g/mol. The molecular formula is C19H22N2O. The Morgan fingerprint density at radius 1 is 1.14 bits per heavy atom. The van der Waals surface area contributed by atoms with Crippen molar-refractivity contribution >= 4 is 17.3 Å². The van der Waals surface area contributed by atoms with Gasteiger partial charge in [0.1, 0.15) is 6.04 Å². The molecule has 1 aliphatic rings. The van der Waals surface area contributed by atoms with Gasteiger partial charge in [0.25, 0.3) is 0 Å². The molecule has 22 heavy (non-hydrogen) atoms. The number of amides is 1. The highest BCUT2D eigenvalue weighted by Gasteiger charge is 2.27. The third kappa shape index (κ3) is 2.71. The molecule has 2 aromatic rings. The van der Waals surface area contributed by atoms with Crippen LogP contribution in [0.1, 0.15) is 23.6 Å². The first-order valence-electron chi connectivity index (χ1n) is 7.79. The average Bonchev–Trinajstić information content (AvgIpc) is 2.94. The van der Waals surface area contributed by atoms with Crippen LogP contribution >= 0.6 is 0 Å². The molecule has 1 heterocycles. The van der Waals surface area contributed by atoms with Crippen LogP contribution in [0, 0.1) is 13.8 Å². The van der Waals surface area contributed by atoms with Gasteiger partial charge in [-0.05, 0) is 62.1 Å². The fourth-order valence-electron chi connectivity index (χ4n) is 2.94.